The number of benzene rings is 7. The summed E-state index contributed by atoms with van der Waals surface area (Å²) >= 11 is 0. The fourth-order valence-electron chi connectivity index (χ4n) is 10.9. The largest absolute Gasteiger partial charge is 0.509 e. The third kappa shape index (κ3) is 10.8. The molecule has 3 heterocycles. The zero-order valence-electron chi connectivity index (χ0n) is 47.8. The van der Waals surface area contributed by atoms with Gasteiger partial charge in [-0.2, -0.15) is 0 Å². The van der Waals surface area contributed by atoms with Crippen molar-refractivity contribution >= 4 is 38.9 Å². The van der Waals surface area contributed by atoms with E-state index in [0.717, 1.165) is 55.8 Å². The van der Waals surface area contributed by atoms with Crippen LogP contribution in [0.4, 0.5) is 11.4 Å². The topological polar surface area (TPSA) is 33.5 Å². The quantitative estimate of drug-likeness (QED) is 0.121. The Hall–Kier alpha value is -6.68. The van der Waals surface area contributed by atoms with E-state index in [0.29, 0.717) is 11.5 Å². The molecule has 7 aromatic carbocycles. The van der Waals surface area contributed by atoms with Gasteiger partial charge < -0.3 is 19.1 Å². The van der Waals surface area contributed by atoms with Crippen LogP contribution in [0.3, 0.4) is 0 Å². The first-order chi connectivity index (χ1) is 36.0. The molecule has 9 aromatic rings. The number of hydrogen-bond donors (Lipinski definition) is 0. The molecule has 10 rings (SSSR count). The number of aromatic nitrogens is 2. The van der Waals surface area contributed by atoms with Gasteiger partial charge in [-0.05, 0) is 115 Å². The molecule has 0 aliphatic carbocycles. The Bertz CT molecular complexity index is 3610. The van der Waals surface area contributed by atoms with Crippen molar-refractivity contribution in [2.45, 2.75) is 137 Å². The van der Waals surface area contributed by atoms with Crippen molar-refractivity contribution in [3.8, 4) is 28.4 Å². The molecule has 5 nitrogen and oxygen atoms in total. The van der Waals surface area contributed by atoms with Gasteiger partial charge in [0, 0.05) is 61.1 Å². The maximum atomic E-state index is 7.33. The molecule has 0 saturated carbocycles. The predicted octanol–water partition coefficient (Wildman–Crippen LogP) is 19.1. The Morgan fingerprint density at radius 3 is 1.79 bits per heavy atom. The summed E-state index contributed by atoms with van der Waals surface area (Å²) in [6, 6.07) is 63.0. The van der Waals surface area contributed by atoms with Gasteiger partial charge in [0.2, 0.25) is 0 Å². The smallest absolute Gasteiger partial charge is 0.135 e. The van der Waals surface area contributed by atoms with Gasteiger partial charge in [-0.15, -0.1) is 53.8 Å². The molecule has 0 spiro atoms. The molecule has 0 fully saturated rings. The van der Waals surface area contributed by atoms with E-state index in [-0.39, 0.29) is 54.6 Å². The van der Waals surface area contributed by atoms with Gasteiger partial charge in [-0.1, -0.05) is 218 Å². The third-order valence-electron chi connectivity index (χ3n) is 15.4. The monoisotopic (exact) mass is 1190 g/mol. The summed E-state index contributed by atoms with van der Waals surface area (Å²) in [7, 11) is 0. The van der Waals surface area contributed by atoms with Gasteiger partial charge in [-0.3, -0.25) is 0 Å². The molecule has 0 unspecified atom stereocenters. The van der Waals surface area contributed by atoms with Gasteiger partial charge in [0.1, 0.15) is 5.82 Å². The van der Waals surface area contributed by atoms with Gasteiger partial charge in [0.05, 0.1) is 0 Å². The Balaban J connectivity index is 0.00000722. The van der Waals surface area contributed by atoms with Gasteiger partial charge in [0.15, 0.2) is 0 Å². The van der Waals surface area contributed by atoms with E-state index < -0.39 is 0 Å². The second kappa shape index (κ2) is 20.9. The molecule has 6 heteroatoms. The summed E-state index contributed by atoms with van der Waals surface area (Å²) in [5, 5.41) is 2.31. The average molecular weight is 1200 g/mol. The van der Waals surface area contributed by atoms with Crippen LogP contribution in [0, 0.1) is 18.8 Å². The molecule has 0 saturated heterocycles. The van der Waals surface area contributed by atoms with E-state index in [9.17, 15) is 0 Å². The normalized spacial score (nSPS) is 13.5. The fraction of sp³-hybridized carbons (Fsp3) is 0.296. The molecule has 398 valence electrons. The van der Waals surface area contributed by atoms with E-state index in [1.165, 1.54) is 44.5 Å². The van der Waals surface area contributed by atoms with Crippen molar-refractivity contribution < 1.29 is 25.8 Å². The molecule has 0 radical (unpaired) electrons. The Kier molecular flexibility index (Phi) is 15.0. The van der Waals surface area contributed by atoms with Crippen LogP contribution < -0.4 is 14.5 Å². The first-order valence-electron chi connectivity index (χ1n) is 27.2. The van der Waals surface area contributed by atoms with E-state index in [2.05, 4.69) is 295 Å². The van der Waals surface area contributed by atoms with E-state index >= 15 is 0 Å². The molecule has 0 amide bonds. The molecule has 77 heavy (non-hydrogen) atoms. The van der Waals surface area contributed by atoms with Crippen LogP contribution in [0.2, 0.25) is 0 Å². The van der Waals surface area contributed by atoms with Crippen molar-refractivity contribution in [3.63, 3.8) is 0 Å². The van der Waals surface area contributed by atoms with Crippen LogP contribution in [-0.2, 0) is 42.7 Å². The van der Waals surface area contributed by atoms with Crippen LogP contribution in [0.5, 0.6) is 11.5 Å². The van der Waals surface area contributed by atoms with Crippen molar-refractivity contribution in [2.75, 3.05) is 9.80 Å². The van der Waals surface area contributed by atoms with E-state index in [1.54, 1.807) is 0 Å². The van der Waals surface area contributed by atoms with Crippen LogP contribution in [0.1, 0.15) is 160 Å². The van der Waals surface area contributed by atoms with E-state index in [4.69, 9.17) is 9.72 Å². The summed E-state index contributed by atoms with van der Waals surface area (Å²) in [6.45, 7) is 36.6. The summed E-state index contributed by atoms with van der Waals surface area (Å²) < 4.78 is 9.60. The van der Waals surface area contributed by atoms with Crippen molar-refractivity contribution in [1.82, 2.24) is 9.55 Å². The zero-order valence-corrected chi connectivity index (χ0v) is 50.1. The number of hydrogen-bond acceptors (Lipinski definition) is 4. The molecule has 2 aromatic heterocycles. The maximum Gasteiger partial charge on any atom is 0.135 e. The SMILES string of the molecule is CC(C)c1cccc(C(C)C)c1-c1cc(Oc2[c-]c3c(c(C(C)(C)C)c2)c2ccccc2n3-c2cc(C(C)(C)C)ccn2)[c-]c(N2[CH-]N(c3cc(C(C)(C)C)cc(C(C)(C)c4ccccc4)c3)C=C2c2ccccc2)c1.[Pt]. The van der Waals surface area contributed by atoms with Crippen molar-refractivity contribution in [2.24, 2.45) is 0 Å². The summed E-state index contributed by atoms with van der Waals surface area (Å²) in [6.07, 6.45) is 4.21. The van der Waals surface area contributed by atoms with Gasteiger partial charge in [-0.25, -0.2) is 4.98 Å². The van der Waals surface area contributed by atoms with Crippen LogP contribution in [-0.4, -0.2) is 9.55 Å². The maximum absolute atomic E-state index is 7.33. The first kappa shape index (κ1) is 55.1. The minimum absolute atomic E-state index is 0. The Morgan fingerprint density at radius 2 is 1.16 bits per heavy atom. The number of pyridine rings is 1. The Morgan fingerprint density at radius 1 is 0.545 bits per heavy atom. The molecule has 0 atom stereocenters. The number of nitrogens with zero attached hydrogens (tertiary/aromatic N) is 4. The van der Waals surface area contributed by atoms with Gasteiger partial charge >= 0.3 is 0 Å². The minimum Gasteiger partial charge on any atom is -0.509 e. The van der Waals surface area contributed by atoms with Crippen molar-refractivity contribution in [3.05, 3.63) is 227 Å². The summed E-state index contributed by atoms with van der Waals surface area (Å²) in [5.41, 5.74) is 16.6. The molecule has 0 bridgehead atoms. The standard InChI is InChI=1S/C71H75N4O.Pt/c1-46(2)58-30-24-31-59(47(3)4)66(58)49-35-55(74-45-73(44-64(74)48-25-18-16-19-26-48)54-38-52(69(8,9)10)37-53(39-54)71(14,15)50-27-20-17-21-28-50)41-56(36-49)76-57-42-61(70(11,12)13)67-60-29-22-23-32-62(60)75(63(67)43-57)65-40-51(33-34-72-65)68(5,6)7;/h16-40,42,44-47H,1-15H3;/q-3;. The van der Waals surface area contributed by atoms with Crippen LogP contribution >= 0.6 is 0 Å². The van der Waals surface area contributed by atoms with E-state index in [1.807, 2.05) is 6.20 Å². The summed E-state index contributed by atoms with van der Waals surface area (Å²) in [5.74, 6) is 2.63. The van der Waals surface area contributed by atoms with Crippen LogP contribution in [0.25, 0.3) is 44.4 Å². The number of anilines is 2. The summed E-state index contributed by atoms with van der Waals surface area (Å²) in [4.78, 5) is 9.62. The number of para-hydroxylation sites is 1. The average Bonchev–Trinajstić information content (AvgIpc) is 3.98. The second-order valence-corrected chi connectivity index (χ2v) is 25.2. The Labute approximate surface area is 474 Å². The number of rotatable bonds is 11. The van der Waals surface area contributed by atoms with Crippen LogP contribution in [0.15, 0.2) is 164 Å². The van der Waals surface area contributed by atoms with Crippen molar-refractivity contribution in [1.29, 1.82) is 0 Å². The molecule has 1 aliphatic heterocycles. The molecule has 1 aliphatic rings. The predicted molar refractivity (Wildman–Crippen MR) is 321 cm³/mol. The molecular weight excluding hydrogens is 1120 g/mol. The minimum atomic E-state index is -0.247. The number of ether oxygens (including phenoxy) is 1. The number of fused-ring (bicyclic) bond motifs is 3. The third-order valence-corrected chi connectivity index (χ3v) is 15.4. The zero-order chi connectivity index (χ0) is 54.1. The molecule has 0 N–H and O–H groups in total. The molecular formula is C71H75N4OPt-3. The van der Waals surface area contributed by atoms with Gasteiger partial charge in [0.25, 0.3) is 0 Å². The fourth-order valence-corrected chi connectivity index (χ4v) is 10.9. The first-order valence-corrected chi connectivity index (χ1v) is 27.2. The second-order valence-electron chi connectivity index (χ2n) is 25.2.